The summed E-state index contributed by atoms with van der Waals surface area (Å²) < 4.78 is 43.3. The van der Waals surface area contributed by atoms with Gasteiger partial charge in [-0.05, 0) is 75.6 Å². The number of nitrogens with one attached hydrogen (secondary N) is 1. The molecule has 3 aromatic carbocycles. The van der Waals surface area contributed by atoms with Gasteiger partial charge in [0.05, 0.1) is 10.6 Å². The van der Waals surface area contributed by atoms with Gasteiger partial charge >= 0.3 is 0 Å². The maximum absolute atomic E-state index is 14.6. The van der Waals surface area contributed by atoms with Crippen LogP contribution in [0.25, 0.3) is 0 Å². The molecule has 0 aromatic heterocycles. The number of carbonyl (C=O) groups is 2. The van der Waals surface area contributed by atoms with Gasteiger partial charge in [-0.15, -0.1) is 0 Å². The van der Waals surface area contributed by atoms with Gasteiger partial charge in [-0.25, -0.2) is 12.8 Å². The maximum atomic E-state index is 14.6. The number of aryl methyl sites for hydroxylation is 2. The van der Waals surface area contributed by atoms with Crippen molar-refractivity contribution >= 4 is 27.5 Å². The van der Waals surface area contributed by atoms with E-state index in [1.165, 1.54) is 35.2 Å². The highest BCUT2D eigenvalue weighted by Crippen LogP contribution is 2.26. The summed E-state index contributed by atoms with van der Waals surface area (Å²) in [6, 6.07) is 17.9. The number of rotatable bonds is 11. The Hall–Kier alpha value is -3.72. The number of nitrogens with zero attached hydrogens (tertiary/aromatic N) is 2. The molecule has 3 rings (SSSR count). The molecule has 39 heavy (non-hydrogen) atoms. The summed E-state index contributed by atoms with van der Waals surface area (Å²) in [7, 11) is -4.15. The van der Waals surface area contributed by atoms with Crippen LogP contribution in [0, 0.1) is 19.7 Å². The summed E-state index contributed by atoms with van der Waals surface area (Å²) in [5.74, 6) is -1.56. The van der Waals surface area contributed by atoms with Gasteiger partial charge < -0.3 is 10.2 Å². The fourth-order valence-corrected chi connectivity index (χ4v) is 5.41. The highest BCUT2D eigenvalue weighted by molar-refractivity contribution is 7.92. The molecule has 3 aromatic rings. The summed E-state index contributed by atoms with van der Waals surface area (Å²) >= 11 is 0. The van der Waals surface area contributed by atoms with Gasteiger partial charge in [-0.1, -0.05) is 49.4 Å². The van der Waals surface area contributed by atoms with Gasteiger partial charge in [-0.2, -0.15) is 0 Å². The molecule has 0 aliphatic carbocycles. The fraction of sp³-hybridized carbons (Fsp3) is 0.333. The minimum atomic E-state index is -4.15. The first kappa shape index (κ1) is 29.8. The molecule has 0 heterocycles. The van der Waals surface area contributed by atoms with Crippen molar-refractivity contribution in [3.8, 4) is 0 Å². The van der Waals surface area contributed by atoms with E-state index in [2.05, 4.69) is 5.32 Å². The number of hydrogen-bond acceptors (Lipinski definition) is 4. The Balaban J connectivity index is 2.05. The van der Waals surface area contributed by atoms with E-state index >= 15 is 0 Å². The Bertz CT molecular complexity index is 1410. The van der Waals surface area contributed by atoms with Crippen molar-refractivity contribution < 1.29 is 22.4 Å². The van der Waals surface area contributed by atoms with Crippen molar-refractivity contribution in [2.75, 3.05) is 10.8 Å². The third-order valence-corrected chi connectivity index (χ3v) is 8.64. The number of hydrogen-bond donors (Lipinski definition) is 1. The molecule has 2 atom stereocenters. The van der Waals surface area contributed by atoms with Crippen molar-refractivity contribution in [3.63, 3.8) is 0 Å². The smallest absolute Gasteiger partial charge is 0.264 e. The molecule has 1 N–H and O–H groups in total. The standard InChI is InChI=1S/C30H36FN3O4S/c1-6-23(4)32-30(36)24(5)33(19-25-12-10-11-15-28(25)31)29(35)20-34(26-17-16-21(2)22(3)18-26)39(37,38)27-13-8-7-9-14-27/h7-18,23-24H,6,19-20H2,1-5H3,(H,32,36)/t23-,24+/m1/s1. The van der Waals surface area contributed by atoms with Crippen molar-refractivity contribution in [2.45, 2.75) is 64.6 Å². The average molecular weight is 554 g/mol. The molecule has 9 heteroatoms. The van der Waals surface area contributed by atoms with E-state index in [0.29, 0.717) is 12.1 Å². The van der Waals surface area contributed by atoms with Crippen molar-refractivity contribution in [3.05, 3.63) is 95.3 Å². The number of carbonyl (C=O) groups excluding carboxylic acids is 2. The van der Waals surface area contributed by atoms with Crippen LogP contribution >= 0.6 is 0 Å². The predicted octanol–water partition coefficient (Wildman–Crippen LogP) is 4.97. The van der Waals surface area contributed by atoms with Crippen LogP contribution in [0.4, 0.5) is 10.1 Å². The Labute approximate surface area is 230 Å². The molecular formula is C30H36FN3O4S. The second kappa shape index (κ2) is 12.9. The third-order valence-electron chi connectivity index (χ3n) is 6.86. The molecule has 0 aliphatic heterocycles. The Morgan fingerprint density at radius 3 is 2.18 bits per heavy atom. The van der Waals surface area contributed by atoms with Crippen LogP contribution in [0.1, 0.15) is 43.9 Å². The number of benzene rings is 3. The zero-order valence-corrected chi connectivity index (χ0v) is 23.8. The van der Waals surface area contributed by atoms with E-state index in [9.17, 15) is 22.4 Å². The first-order valence-corrected chi connectivity index (χ1v) is 14.4. The van der Waals surface area contributed by atoms with Crippen LogP contribution in [0.3, 0.4) is 0 Å². The first-order chi connectivity index (χ1) is 18.4. The van der Waals surface area contributed by atoms with E-state index in [1.807, 2.05) is 27.7 Å². The fourth-order valence-electron chi connectivity index (χ4n) is 3.99. The number of amides is 2. The lowest BCUT2D eigenvalue weighted by atomic mass is 10.1. The van der Waals surface area contributed by atoms with Gasteiger partial charge in [0.15, 0.2) is 0 Å². The highest BCUT2D eigenvalue weighted by atomic mass is 32.2. The SMILES string of the molecule is CC[C@@H](C)NC(=O)[C@H](C)N(Cc1ccccc1F)C(=O)CN(c1ccc(C)c(C)c1)S(=O)(=O)c1ccccc1. The molecule has 7 nitrogen and oxygen atoms in total. The minimum absolute atomic E-state index is 0.0271. The molecule has 0 fully saturated rings. The van der Waals surface area contributed by atoms with E-state index in [0.717, 1.165) is 15.4 Å². The van der Waals surface area contributed by atoms with Crippen LogP contribution in [0.2, 0.25) is 0 Å². The van der Waals surface area contributed by atoms with Crippen molar-refractivity contribution in [1.82, 2.24) is 10.2 Å². The monoisotopic (exact) mass is 553 g/mol. The summed E-state index contributed by atoms with van der Waals surface area (Å²) in [6.45, 7) is 8.33. The quantitative estimate of drug-likeness (QED) is 0.363. The third kappa shape index (κ3) is 7.23. The summed E-state index contributed by atoms with van der Waals surface area (Å²) in [5.41, 5.74) is 2.37. The Morgan fingerprint density at radius 1 is 0.923 bits per heavy atom. The van der Waals surface area contributed by atoms with Crippen molar-refractivity contribution in [2.24, 2.45) is 0 Å². The maximum Gasteiger partial charge on any atom is 0.264 e. The number of halogens is 1. The molecule has 208 valence electrons. The van der Waals surface area contributed by atoms with Gasteiger partial charge in [-0.3, -0.25) is 13.9 Å². The average Bonchev–Trinajstić information content (AvgIpc) is 2.92. The van der Waals surface area contributed by atoms with Gasteiger partial charge in [0.2, 0.25) is 11.8 Å². The Morgan fingerprint density at radius 2 is 1.56 bits per heavy atom. The van der Waals surface area contributed by atoms with Crippen LogP contribution in [0.5, 0.6) is 0 Å². The summed E-state index contributed by atoms with van der Waals surface area (Å²) in [5, 5.41) is 2.86. The molecule has 0 bridgehead atoms. The van der Waals surface area contributed by atoms with E-state index in [1.54, 1.807) is 49.4 Å². The molecule has 0 saturated heterocycles. The normalized spacial score (nSPS) is 12.9. The van der Waals surface area contributed by atoms with Crippen LogP contribution in [0.15, 0.2) is 77.7 Å². The van der Waals surface area contributed by atoms with Crippen LogP contribution in [-0.4, -0.2) is 43.8 Å². The van der Waals surface area contributed by atoms with Crippen LogP contribution in [-0.2, 0) is 26.2 Å². The number of anilines is 1. The summed E-state index contributed by atoms with van der Waals surface area (Å²) in [4.78, 5) is 28.2. The lowest BCUT2D eigenvalue weighted by Crippen LogP contribution is -2.52. The zero-order chi connectivity index (χ0) is 28.7. The predicted molar refractivity (Wildman–Crippen MR) is 151 cm³/mol. The topological polar surface area (TPSA) is 86.8 Å². The lowest BCUT2D eigenvalue weighted by molar-refractivity contribution is -0.139. The largest absolute Gasteiger partial charge is 0.352 e. The summed E-state index contributed by atoms with van der Waals surface area (Å²) in [6.07, 6.45) is 0.690. The van der Waals surface area contributed by atoms with Gasteiger partial charge in [0.1, 0.15) is 18.4 Å². The zero-order valence-electron chi connectivity index (χ0n) is 23.0. The highest BCUT2D eigenvalue weighted by Gasteiger charge is 2.33. The van der Waals surface area contributed by atoms with E-state index in [-0.39, 0.29) is 23.0 Å². The second-order valence-electron chi connectivity index (χ2n) is 9.70. The molecule has 2 amide bonds. The Kier molecular flexibility index (Phi) is 9.86. The van der Waals surface area contributed by atoms with Gasteiger partial charge in [0.25, 0.3) is 10.0 Å². The molecule has 0 aliphatic rings. The molecule has 0 spiro atoms. The van der Waals surface area contributed by atoms with Crippen molar-refractivity contribution in [1.29, 1.82) is 0 Å². The molecule has 0 saturated carbocycles. The van der Waals surface area contributed by atoms with E-state index in [4.69, 9.17) is 0 Å². The number of sulfonamides is 1. The van der Waals surface area contributed by atoms with E-state index < -0.39 is 40.2 Å². The van der Waals surface area contributed by atoms with Crippen LogP contribution < -0.4 is 9.62 Å². The second-order valence-corrected chi connectivity index (χ2v) is 11.6. The minimum Gasteiger partial charge on any atom is -0.352 e. The molecule has 0 radical (unpaired) electrons. The molecule has 0 unspecified atom stereocenters. The van der Waals surface area contributed by atoms with Gasteiger partial charge in [0, 0.05) is 18.2 Å². The first-order valence-electron chi connectivity index (χ1n) is 12.9. The molecular weight excluding hydrogens is 517 g/mol. The lowest BCUT2D eigenvalue weighted by Gasteiger charge is -2.32.